The number of aryl methyl sites for hydroxylation is 1. The lowest BCUT2D eigenvalue weighted by Crippen LogP contribution is -2.12. The average Bonchev–Trinajstić information content (AvgIpc) is 3.29. The Morgan fingerprint density at radius 1 is 1.00 bits per heavy atom. The van der Waals surface area contributed by atoms with Crippen molar-refractivity contribution in [3.05, 3.63) is 94.0 Å². The average molecular weight is 473 g/mol. The molecule has 0 aliphatic carbocycles. The van der Waals surface area contributed by atoms with Gasteiger partial charge in [0.2, 0.25) is 0 Å². The number of nitro groups is 1. The Hall–Kier alpha value is -4.57. The third kappa shape index (κ3) is 5.68. The summed E-state index contributed by atoms with van der Waals surface area (Å²) in [4.78, 5) is 27.3. The fourth-order valence-electron chi connectivity index (χ4n) is 3.26. The van der Waals surface area contributed by atoms with E-state index in [-0.39, 0.29) is 17.6 Å². The third-order valence-corrected chi connectivity index (χ3v) is 5.13. The van der Waals surface area contributed by atoms with E-state index in [9.17, 15) is 14.9 Å². The molecule has 3 aromatic carbocycles. The predicted octanol–water partition coefficient (Wildman–Crippen LogP) is 4.43. The molecule has 0 saturated carbocycles. The maximum Gasteiger partial charge on any atom is 0.336 e. The number of nitrogens with zero attached hydrogens (tertiary/aromatic N) is 4. The van der Waals surface area contributed by atoms with Crippen LogP contribution in [0.2, 0.25) is 0 Å². The lowest BCUT2D eigenvalue weighted by atomic mass is 10.1. The molecule has 0 saturated heterocycles. The minimum atomic E-state index is -0.510. The molecule has 1 amide bonds. The molecule has 0 fully saturated rings. The molecule has 0 bridgehead atoms. The number of carbonyl (C=O) groups excluding carboxylic acids is 1. The minimum absolute atomic E-state index is 0.0753. The van der Waals surface area contributed by atoms with Gasteiger partial charge >= 0.3 is 6.01 Å². The first-order valence-electron chi connectivity index (χ1n) is 10.8. The Bertz CT molecular complexity index is 1320. The number of hydrogen-bond acceptors (Lipinski definition) is 7. The largest absolute Gasteiger partial charge is 0.460 e. The summed E-state index contributed by atoms with van der Waals surface area (Å²) in [5, 5.41) is 18.1. The predicted molar refractivity (Wildman–Crippen MR) is 130 cm³/mol. The lowest BCUT2D eigenvalue weighted by molar-refractivity contribution is -0.384. The smallest absolute Gasteiger partial charge is 0.336 e. The Labute approximate surface area is 201 Å². The Morgan fingerprint density at radius 2 is 1.69 bits per heavy atom. The summed E-state index contributed by atoms with van der Waals surface area (Å²) < 4.78 is 12.3. The molecule has 4 aromatic rings. The molecule has 0 spiro atoms. The van der Waals surface area contributed by atoms with Crippen LogP contribution in [0, 0.1) is 17.0 Å². The molecule has 10 nitrogen and oxygen atoms in total. The van der Waals surface area contributed by atoms with Crippen molar-refractivity contribution in [1.82, 2.24) is 14.8 Å². The highest BCUT2D eigenvalue weighted by Gasteiger charge is 2.15. The van der Waals surface area contributed by atoms with E-state index in [1.54, 1.807) is 36.1 Å². The molecule has 0 aliphatic rings. The molecule has 0 unspecified atom stereocenters. The summed E-state index contributed by atoms with van der Waals surface area (Å²) in [6.07, 6.45) is 0. The standard InChI is InChI=1S/C25H23N5O5/c1-17-3-5-18(6-4-17)23-27-25(35-16-15-34-2)28-29(23)21-13-9-20(10-14-21)26-24(31)19-7-11-22(12-8-19)30(32)33/h3-14H,15-16H2,1-2H3,(H,26,31). The zero-order valence-electron chi connectivity index (χ0n) is 19.2. The number of ether oxygens (including phenoxy) is 2. The molecule has 0 atom stereocenters. The van der Waals surface area contributed by atoms with Gasteiger partial charge in [0.1, 0.15) is 6.61 Å². The van der Waals surface area contributed by atoms with Crippen molar-refractivity contribution in [2.75, 3.05) is 25.6 Å². The van der Waals surface area contributed by atoms with Crippen LogP contribution in [0.3, 0.4) is 0 Å². The fraction of sp³-hybridized carbons (Fsp3) is 0.160. The second kappa shape index (κ2) is 10.6. The zero-order chi connectivity index (χ0) is 24.8. The normalized spacial score (nSPS) is 10.7. The van der Waals surface area contributed by atoms with Gasteiger partial charge in [-0.05, 0) is 43.3 Å². The van der Waals surface area contributed by atoms with Gasteiger partial charge in [0.15, 0.2) is 5.82 Å². The summed E-state index contributed by atoms with van der Waals surface area (Å²) in [6, 6.07) is 20.7. The van der Waals surface area contributed by atoms with Gasteiger partial charge in [-0.2, -0.15) is 4.98 Å². The summed E-state index contributed by atoms with van der Waals surface area (Å²) in [5.74, 6) is 0.239. The number of carbonyl (C=O) groups is 1. The number of rotatable bonds is 9. The van der Waals surface area contributed by atoms with Crippen LogP contribution in [-0.2, 0) is 4.74 Å². The fourth-order valence-corrected chi connectivity index (χ4v) is 3.26. The van der Waals surface area contributed by atoms with Crippen molar-refractivity contribution in [1.29, 1.82) is 0 Å². The van der Waals surface area contributed by atoms with Gasteiger partial charge in [0, 0.05) is 36.1 Å². The summed E-state index contributed by atoms with van der Waals surface area (Å²) in [6.45, 7) is 2.75. The summed E-state index contributed by atoms with van der Waals surface area (Å²) in [5.41, 5.74) is 3.53. The second-order valence-electron chi connectivity index (χ2n) is 7.64. The molecule has 35 heavy (non-hydrogen) atoms. The number of nitro benzene ring substituents is 1. The van der Waals surface area contributed by atoms with Crippen molar-refractivity contribution in [3.8, 4) is 23.1 Å². The van der Waals surface area contributed by atoms with Gasteiger partial charge in [0.05, 0.1) is 17.2 Å². The quantitative estimate of drug-likeness (QED) is 0.217. The highest BCUT2D eigenvalue weighted by atomic mass is 16.6. The van der Waals surface area contributed by atoms with Gasteiger partial charge in [-0.15, -0.1) is 5.10 Å². The highest BCUT2D eigenvalue weighted by Crippen LogP contribution is 2.25. The zero-order valence-corrected chi connectivity index (χ0v) is 19.2. The van der Waals surface area contributed by atoms with E-state index < -0.39 is 4.92 Å². The van der Waals surface area contributed by atoms with Crippen molar-refractivity contribution in [2.24, 2.45) is 0 Å². The monoisotopic (exact) mass is 473 g/mol. The van der Waals surface area contributed by atoms with Crippen LogP contribution < -0.4 is 10.1 Å². The molecular weight excluding hydrogens is 450 g/mol. The van der Waals surface area contributed by atoms with Crippen molar-refractivity contribution < 1.29 is 19.2 Å². The summed E-state index contributed by atoms with van der Waals surface area (Å²) in [7, 11) is 1.59. The molecule has 0 aliphatic heterocycles. The van der Waals surface area contributed by atoms with E-state index in [0.29, 0.717) is 30.3 Å². The number of anilines is 1. The van der Waals surface area contributed by atoms with Crippen molar-refractivity contribution in [2.45, 2.75) is 6.92 Å². The molecular formula is C25H23N5O5. The topological polar surface area (TPSA) is 121 Å². The number of benzene rings is 3. The first-order valence-corrected chi connectivity index (χ1v) is 10.8. The molecule has 1 N–H and O–H groups in total. The highest BCUT2D eigenvalue weighted by molar-refractivity contribution is 6.04. The van der Waals surface area contributed by atoms with Crippen molar-refractivity contribution >= 4 is 17.3 Å². The molecule has 0 radical (unpaired) electrons. The third-order valence-electron chi connectivity index (χ3n) is 5.13. The molecule has 178 valence electrons. The van der Waals surface area contributed by atoms with Gasteiger partial charge < -0.3 is 14.8 Å². The van der Waals surface area contributed by atoms with Crippen molar-refractivity contribution in [3.63, 3.8) is 0 Å². The van der Waals surface area contributed by atoms with Crippen LogP contribution in [0.15, 0.2) is 72.8 Å². The summed E-state index contributed by atoms with van der Waals surface area (Å²) >= 11 is 0. The van der Waals surface area contributed by atoms with Gasteiger partial charge in [-0.3, -0.25) is 14.9 Å². The number of non-ortho nitro benzene ring substituents is 1. The number of aromatic nitrogens is 3. The molecule has 4 rings (SSSR count). The van der Waals surface area contributed by atoms with E-state index in [4.69, 9.17) is 9.47 Å². The number of amides is 1. The molecule has 1 aromatic heterocycles. The maximum atomic E-state index is 12.5. The first kappa shape index (κ1) is 23.6. The molecule has 10 heteroatoms. The van der Waals surface area contributed by atoms with Crippen LogP contribution in [0.1, 0.15) is 15.9 Å². The van der Waals surface area contributed by atoms with Crippen LogP contribution in [0.5, 0.6) is 6.01 Å². The Kier molecular flexibility index (Phi) is 7.12. The Morgan fingerprint density at radius 3 is 2.31 bits per heavy atom. The number of methoxy groups -OCH3 is 1. The van der Waals surface area contributed by atoms with Gasteiger partial charge in [0.25, 0.3) is 11.6 Å². The van der Waals surface area contributed by atoms with Crippen LogP contribution in [-0.4, -0.2) is 45.9 Å². The van der Waals surface area contributed by atoms with Gasteiger partial charge in [-0.25, -0.2) is 4.68 Å². The first-order chi connectivity index (χ1) is 16.9. The van der Waals surface area contributed by atoms with E-state index >= 15 is 0 Å². The maximum absolute atomic E-state index is 12.5. The number of nitrogens with one attached hydrogen (secondary N) is 1. The minimum Gasteiger partial charge on any atom is -0.460 e. The lowest BCUT2D eigenvalue weighted by Gasteiger charge is -2.09. The van der Waals surface area contributed by atoms with Gasteiger partial charge in [-0.1, -0.05) is 29.8 Å². The molecule has 1 heterocycles. The van der Waals surface area contributed by atoms with E-state index in [2.05, 4.69) is 15.4 Å². The van der Waals surface area contributed by atoms with E-state index in [1.807, 2.05) is 31.2 Å². The van der Waals surface area contributed by atoms with Crippen LogP contribution >= 0.6 is 0 Å². The van der Waals surface area contributed by atoms with E-state index in [0.717, 1.165) is 16.8 Å². The van der Waals surface area contributed by atoms with E-state index in [1.165, 1.54) is 24.3 Å². The van der Waals surface area contributed by atoms with Crippen LogP contribution in [0.25, 0.3) is 17.1 Å². The number of hydrogen-bond donors (Lipinski definition) is 1. The van der Waals surface area contributed by atoms with Crippen LogP contribution in [0.4, 0.5) is 11.4 Å². The SMILES string of the molecule is COCCOc1nc(-c2ccc(C)cc2)n(-c2ccc(NC(=O)c3ccc([N+](=O)[O-])cc3)cc2)n1. The Balaban J connectivity index is 1.56. The second-order valence-corrected chi connectivity index (χ2v) is 7.64.